The molecule has 0 radical (unpaired) electrons. The van der Waals surface area contributed by atoms with E-state index in [0.29, 0.717) is 6.61 Å². The summed E-state index contributed by atoms with van der Waals surface area (Å²) in [5, 5.41) is 12.0. The normalized spacial score (nSPS) is 27.2. The molecule has 98 valence electrons. The van der Waals surface area contributed by atoms with E-state index < -0.39 is 6.10 Å². The van der Waals surface area contributed by atoms with Crippen molar-refractivity contribution in [1.82, 2.24) is 5.32 Å². The molecule has 0 aromatic heterocycles. The van der Waals surface area contributed by atoms with Crippen molar-refractivity contribution in [2.24, 2.45) is 5.92 Å². The molecule has 1 amide bonds. The van der Waals surface area contributed by atoms with Gasteiger partial charge in [0.15, 0.2) is 0 Å². The molecule has 1 saturated heterocycles. The number of aliphatic hydroxyl groups excluding tert-OH is 1. The second-order valence-corrected chi connectivity index (χ2v) is 4.59. The summed E-state index contributed by atoms with van der Waals surface area (Å²) < 4.78 is 5.71. The SMILES string of the molecule is CCC1C(CO)NC(=O)C1OCc1ccccc1. The van der Waals surface area contributed by atoms with E-state index in [4.69, 9.17) is 4.74 Å². The van der Waals surface area contributed by atoms with Crippen LogP contribution in [0.5, 0.6) is 0 Å². The molecule has 0 aliphatic carbocycles. The Hall–Kier alpha value is -1.39. The monoisotopic (exact) mass is 249 g/mol. The van der Waals surface area contributed by atoms with Gasteiger partial charge in [-0.05, 0) is 12.0 Å². The van der Waals surface area contributed by atoms with Gasteiger partial charge in [-0.25, -0.2) is 0 Å². The van der Waals surface area contributed by atoms with Gasteiger partial charge in [0.1, 0.15) is 6.10 Å². The van der Waals surface area contributed by atoms with Crippen LogP contribution in [0.2, 0.25) is 0 Å². The number of rotatable bonds is 5. The fraction of sp³-hybridized carbons (Fsp3) is 0.500. The summed E-state index contributed by atoms with van der Waals surface area (Å²) in [6.07, 6.45) is 0.357. The molecule has 1 fully saturated rings. The van der Waals surface area contributed by atoms with Crippen LogP contribution < -0.4 is 5.32 Å². The molecule has 2 N–H and O–H groups in total. The number of nitrogens with one attached hydrogen (secondary N) is 1. The lowest BCUT2D eigenvalue weighted by atomic mass is 9.96. The van der Waals surface area contributed by atoms with E-state index >= 15 is 0 Å². The lowest BCUT2D eigenvalue weighted by Crippen LogP contribution is -2.32. The molecule has 0 bridgehead atoms. The molecule has 1 aromatic rings. The number of carbonyl (C=O) groups excluding carboxylic acids is 1. The van der Waals surface area contributed by atoms with Crippen LogP contribution in [0.1, 0.15) is 18.9 Å². The van der Waals surface area contributed by atoms with Crippen molar-refractivity contribution in [2.45, 2.75) is 32.1 Å². The summed E-state index contributed by atoms with van der Waals surface area (Å²) in [6, 6.07) is 9.60. The van der Waals surface area contributed by atoms with Crippen molar-refractivity contribution >= 4 is 5.91 Å². The van der Waals surface area contributed by atoms with Crippen molar-refractivity contribution < 1.29 is 14.6 Å². The molecule has 1 aliphatic rings. The lowest BCUT2D eigenvalue weighted by Gasteiger charge is -2.19. The minimum atomic E-state index is -0.452. The molecule has 1 heterocycles. The number of amides is 1. The third kappa shape index (κ3) is 2.71. The zero-order valence-electron chi connectivity index (χ0n) is 10.5. The summed E-state index contributed by atoms with van der Waals surface area (Å²) in [4.78, 5) is 11.8. The average molecular weight is 249 g/mol. The first-order chi connectivity index (χ1) is 8.76. The first-order valence-electron chi connectivity index (χ1n) is 6.33. The lowest BCUT2D eigenvalue weighted by molar-refractivity contribution is -0.131. The molecule has 1 aliphatic heterocycles. The molecule has 2 rings (SSSR count). The van der Waals surface area contributed by atoms with E-state index in [9.17, 15) is 9.90 Å². The number of carbonyl (C=O) groups is 1. The van der Waals surface area contributed by atoms with Gasteiger partial charge in [-0.3, -0.25) is 4.79 Å². The molecule has 3 atom stereocenters. The van der Waals surface area contributed by atoms with E-state index in [-0.39, 0.29) is 24.5 Å². The van der Waals surface area contributed by atoms with Gasteiger partial charge >= 0.3 is 0 Å². The van der Waals surface area contributed by atoms with Gasteiger partial charge in [0, 0.05) is 5.92 Å². The van der Waals surface area contributed by atoms with Gasteiger partial charge in [-0.15, -0.1) is 0 Å². The number of benzene rings is 1. The predicted octanol–water partition coefficient (Wildman–Crippen LogP) is 1.09. The van der Waals surface area contributed by atoms with Gasteiger partial charge in [0.25, 0.3) is 0 Å². The standard InChI is InChI=1S/C14H19NO3/c1-2-11-12(8-16)15-14(17)13(11)18-9-10-6-4-3-5-7-10/h3-7,11-13,16H,2,8-9H2,1H3,(H,15,17). The number of hydrogen-bond donors (Lipinski definition) is 2. The highest BCUT2D eigenvalue weighted by atomic mass is 16.5. The number of ether oxygens (including phenoxy) is 1. The van der Waals surface area contributed by atoms with Crippen molar-refractivity contribution in [1.29, 1.82) is 0 Å². The van der Waals surface area contributed by atoms with Crippen LogP contribution in [0, 0.1) is 5.92 Å². The second-order valence-electron chi connectivity index (χ2n) is 4.59. The predicted molar refractivity (Wildman–Crippen MR) is 67.8 cm³/mol. The van der Waals surface area contributed by atoms with E-state index in [1.807, 2.05) is 37.3 Å². The molecular formula is C14H19NO3. The summed E-state index contributed by atoms with van der Waals surface area (Å²) in [7, 11) is 0. The Bertz CT molecular complexity index is 393. The van der Waals surface area contributed by atoms with Crippen molar-refractivity contribution in [2.75, 3.05) is 6.61 Å². The maximum Gasteiger partial charge on any atom is 0.249 e. The average Bonchev–Trinajstić information content (AvgIpc) is 2.73. The maximum atomic E-state index is 11.8. The topological polar surface area (TPSA) is 58.6 Å². The molecule has 18 heavy (non-hydrogen) atoms. The fourth-order valence-electron chi connectivity index (χ4n) is 2.42. The maximum absolute atomic E-state index is 11.8. The zero-order chi connectivity index (χ0) is 13.0. The van der Waals surface area contributed by atoms with Crippen molar-refractivity contribution in [3.63, 3.8) is 0 Å². The Labute approximate surface area is 107 Å². The van der Waals surface area contributed by atoms with Gasteiger partial charge in [-0.1, -0.05) is 37.3 Å². The van der Waals surface area contributed by atoms with Crippen LogP contribution in [0.3, 0.4) is 0 Å². The summed E-state index contributed by atoms with van der Waals surface area (Å²) in [6.45, 7) is 2.40. The van der Waals surface area contributed by atoms with Crippen molar-refractivity contribution in [3.8, 4) is 0 Å². The number of aliphatic hydroxyl groups is 1. The van der Waals surface area contributed by atoms with Gasteiger partial charge in [0.05, 0.1) is 19.3 Å². The Morgan fingerprint density at radius 1 is 1.33 bits per heavy atom. The van der Waals surface area contributed by atoms with Crippen LogP contribution in [-0.4, -0.2) is 29.8 Å². The third-order valence-electron chi connectivity index (χ3n) is 3.43. The van der Waals surface area contributed by atoms with E-state index in [1.54, 1.807) is 0 Å². The van der Waals surface area contributed by atoms with Crippen LogP contribution in [-0.2, 0) is 16.1 Å². The Morgan fingerprint density at radius 2 is 2.06 bits per heavy atom. The zero-order valence-corrected chi connectivity index (χ0v) is 10.5. The van der Waals surface area contributed by atoms with Crippen LogP contribution in [0.15, 0.2) is 30.3 Å². The molecular weight excluding hydrogens is 230 g/mol. The molecule has 1 aromatic carbocycles. The summed E-state index contributed by atoms with van der Waals surface area (Å²) in [5.41, 5.74) is 1.05. The van der Waals surface area contributed by atoms with E-state index in [1.165, 1.54) is 0 Å². The minimum Gasteiger partial charge on any atom is -0.394 e. The van der Waals surface area contributed by atoms with Gasteiger partial charge < -0.3 is 15.2 Å². The Kier molecular flexibility index (Phi) is 4.33. The highest BCUT2D eigenvalue weighted by Crippen LogP contribution is 2.24. The second kappa shape index (κ2) is 5.98. The van der Waals surface area contributed by atoms with E-state index in [0.717, 1.165) is 12.0 Å². The van der Waals surface area contributed by atoms with Crippen LogP contribution in [0.4, 0.5) is 0 Å². The Morgan fingerprint density at radius 3 is 2.67 bits per heavy atom. The fourth-order valence-corrected chi connectivity index (χ4v) is 2.42. The molecule has 4 heteroatoms. The highest BCUT2D eigenvalue weighted by Gasteiger charge is 2.41. The van der Waals surface area contributed by atoms with Gasteiger partial charge in [0.2, 0.25) is 5.91 Å². The molecule has 0 saturated carbocycles. The molecule has 0 spiro atoms. The molecule has 4 nitrogen and oxygen atoms in total. The van der Waals surface area contributed by atoms with Gasteiger partial charge in [-0.2, -0.15) is 0 Å². The summed E-state index contributed by atoms with van der Waals surface area (Å²) in [5.74, 6) is -0.0666. The van der Waals surface area contributed by atoms with Crippen LogP contribution in [0.25, 0.3) is 0 Å². The first kappa shape index (κ1) is 13.1. The van der Waals surface area contributed by atoms with E-state index in [2.05, 4.69) is 5.32 Å². The first-order valence-corrected chi connectivity index (χ1v) is 6.33. The third-order valence-corrected chi connectivity index (χ3v) is 3.43. The van der Waals surface area contributed by atoms with Crippen LogP contribution >= 0.6 is 0 Å². The quantitative estimate of drug-likeness (QED) is 0.821. The largest absolute Gasteiger partial charge is 0.394 e. The number of hydrogen-bond acceptors (Lipinski definition) is 3. The Balaban J connectivity index is 1.97. The smallest absolute Gasteiger partial charge is 0.249 e. The minimum absolute atomic E-state index is 0.0323. The molecule has 3 unspecified atom stereocenters. The highest BCUT2D eigenvalue weighted by molar-refractivity contribution is 5.84. The summed E-state index contributed by atoms with van der Waals surface area (Å²) >= 11 is 0. The van der Waals surface area contributed by atoms with Crippen molar-refractivity contribution in [3.05, 3.63) is 35.9 Å².